The molecule has 0 N–H and O–H groups in total. The number of hydrogen-bond acceptors (Lipinski definition) is 4. The molecule has 0 saturated heterocycles. The van der Waals surface area contributed by atoms with E-state index in [9.17, 15) is 0 Å². The Morgan fingerprint density at radius 3 is 1.89 bits per heavy atom. The first kappa shape index (κ1) is 25.2. The van der Waals surface area contributed by atoms with E-state index in [1.165, 1.54) is 27.3 Å². The number of rotatable bonds is 3. The number of benzene rings is 6. The summed E-state index contributed by atoms with van der Waals surface area (Å²) >= 11 is 0. The van der Waals surface area contributed by atoms with Gasteiger partial charge in [0.2, 0.25) is 0 Å². The van der Waals surface area contributed by atoms with E-state index in [2.05, 4.69) is 143 Å². The maximum atomic E-state index is 6.55. The summed E-state index contributed by atoms with van der Waals surface area (Å²) in [6.07, 6.45) is 0. The molecule has 220 valence electrons. The molecule has 2 aliphatic heterocycles. The number of hydrogen-bond donors (Lipinski definition) is 0. The van der Waals surface area contributed by atoms with Gasteiger partial charge in [0.05, 0.1) is 39.5 Å². The molecular formula is C40H26BN5O. The van der Waals surface area contributed by atoms with E-state index in [-0.39, 0.29) is 6.71 Å². The van der Waals surface area contributed by atoms with Crippen LogP contribution in [0.15, 0.2) is 126 Å². The molecule has 6 aromatic carbocycles. The van der Waals surface area contributed by atoms with Crippen molar-refractivity contribution in [1.29, 1.82) is 0 Å². The number of fused-ring (bicyclic) bond motifs is 8. The van der Waals surface area contributed by atoms with Crippen LogP contribution < -0.4 is 21.3 Å². The van der Waals surface area contributed by atoms with E-state index < -0.39 is 0 Å². The summed E-state index contributed by atoms with van der Waals surface area (Å²) in [5.74, 6) is 0. The lowest BCUT2D eigenvalue weighted by atomic mass is 9.33. The van der Waals surface area contributed by atoms with Crippen LogP contribution in [0.1, 0.15) is 11.4 Å². The molecular weight excluding hydrogens is 577 g/mol. The van der Waals surface area contributed by atoms with E-state index in [0.29, 0.717) is 0 Å². The Hall–Kier alpha value is -6.08. The third-order valence-corrected chi connectivity index (χ3v) is 10.2. The van der Waals surface area contributed by atoms with Crippen LogP contribution in [0.25, 0.3) is 55.1 Å². The van der Waals surface area contributed by atoms with Gasteiger partial charge in [0.15, 0.2) is 0 Å². The number of aryl methyl sites for hydroxylation is 2. The summed E-state index contributed by atoms with van der Waals surface area (Å²) in [6.45, 7) is 4.19. The summed E-state index contributed by atoms with van der Waals surface area (Å²) in [6, 6.07) is 43.1. The van der Waals surface area contributed by atoms with Crippen LogP contribution in [0, 0.1) is 13.8 Å². The molecule has 0 atom stereocenters. The fourth-order valence-corrected chi connectivity index (χ4v) is 8.31. The highest BCUT2D eigenvalue weighted by Crippen LogP contribution is 2.41. The molecule has 2 aliphatic rings. The topological polar surface area (TPSA) is 52.0 Å². The Morgan fingerprint density at radius 1 is 0.553 bits per heavy atom. The van der Waals surface area contributed by atoms with Crippen molar-refractivity contribution in [3.05, 3.63) is 133 Å². The Morgan fingerprint density at radius 2 is 1.17 bits per heavy atom. The number of anilines is 3. The maximum Gasteiger partial charge on any atom is 0.253 e. The van der Waals surface area contributed by atoms with Crippen molar-refractivity contribution in [3.8, 4) is 11.4 Å². The molecule has 0 saturated carbocycles. The summed E-state index contributed by atoms with van der Waals surface area (Å²) < 4.78 is 10.9. The van der Waals surface area contributed by atoms with Crippen LogP contribution in [0.4, 0.5) is 17.1 Å². The molecule has 47 heavy (non-hydrogen) atoms. The van der Waals surface area contributed by atoms with Gasteiger partial charge in [-0.05, 0) is 78.8 Å². The van der Waals surface area contributed by atoms with Crippen LogP contribution in [-0.4, -0.2) is 26.3 Å². The zero-order chi connectivity index (χ0) is 31.0. The van der Waals surface area contributed by atoms with Gasteiger partial charge in [-0.15, -0.1) is 0 Å². The second-order valence-electron chi connectivity index (χ2n) is 12.7. The quantitative estimate of drug-likeness (QED) is 0.197. The van der Waals surface area contributed by atoms with Crippen LogP contribution in [-0.2, 0) is 0 Å². The minimum absolute atomic E-state index is 0.0287. The molecule has 0 amide bonds. The number of para-hydroxylation sites is 4. The normalized spacial score (nSPS) is 12.9. The number of nitrogens with zero attached hydrogens (tertiary/aromatic N) is 5. The molecule has 7 heteroatoms. The van der Waals surface area contributed by atoms with Crippen LogP contribution in [0.5, 0.6) is 0 Å². The Balaban J connectivity index is 1.34. The highest BCUT2D eigenvalue weighted by atomic mass is 16.3. The summed E-state index contributed by atoms with van der Waals surface area (Å²) in [4.78, 5) is 2.33. The minimum atomic E-state index is -0.0287. The predicted molar refractivity (Wildman–Crippen MR) is 192 cm³/mol. The van der Waals surface area contributed by atoms with Gasteiger partial charge in [-0.1, -0.05) is 72.8 Å². The molecule has 0 fully saturated rings. The van der Waals surface area contributed by atoms with Gasteiger partial charge < -0.3 is 9.32 Å². The first-order valence-corrected chi connectivity index (χ1v) is 16.1. The van der Waals surface area contributed by atoms with Gasteiger partial charge in [-0.25, -0.2) is 9.36 Å². The van der Waals surface area contributed by atoms with E-state index >= 15 is 0 Å². The molecule has 0 aliphatic carbocycles. The SMILES string of the molecule is Cc1nn2c3c(cccc13)B1c3c-2cc(N(c2ccccc2)c2ccccc2)cc3-n2nc(C)c3cc4oc5ccccc5c4c1c32. The molecule has 0 bridgehead atoms. The fourth-order valence-electron chi connectivity index (χ4n) is 8.31. The van der Waals surface area contributed by atoms with E-state index in [1.807, 2.05) is 6.07 Å². The molecule has 0 unspecified atom stereocenters. The van der Waals surface area contributed by atoms with Crippen molar-refractivity contribution in [1.82, 2.24) is 19.6 Å². The fraction of sp³-hybridized carbons (Fsp3) is 0.0500. The third-order valence-electron chi connectivity index (χ3n) is 10.2. The summed E-state index contributed by atoms with van der Waals surface area (Å²) in [5.41, 5.74) is 15.2. The number of furan rings is 1. The van der Waals surface area contributed by atoms with Crippen molar-refractivity contribution in [2.45, 2.75) is 13.8 Å². The first-order valence-electron chi connectivity index (χ1n) is 16.1. The van der Waals surface area contributed by atoms with E-state index in [0.717, 1.165) is 72.7 Å². The standard InChI is InChI=1S/C40H26BN5O/c1-23-28-17-11-18-31-39(28)45(42-23)32-20-27(44(25-12-5-3-6-13-25)26-14-7-4-8-15-26)21-33-37(32)41(31)38-36-29-16-9-10-19-34(29)47-35(36)22-30-24(2)43-46(33)40(30)38/h3-22H,1-2H3. The zero-order valence-electron chi connectivity index (χ0n) is 25.8. The van der Waals surface area contributed by atoms with E-state index in [1.54, 1.807) is 0 Å². The van der Waals surface area contributed by atoms with Gasteiger partial charge in [0, 0.05) is 32.9 Å². The van der Waals surface area contributed by atoms with Gasteiger partial charge in [0.1, 0.15) is 11.2 Å². The summed E-state index contributed by atoms with van der Waals surface area (Å²) in [7, 11) is 0. The van der Waals surface area contributed by atoms with Gasteiger partial charge in [-0.2, -0.15) is 10.2 Å². The third kappa shape index (κ3) is 3.15. The summed E-state index contributed by atoms with van der Waals surface area (Å²) in [5, 5.41) is 15.1. The highest BCUT2D eigenvalue weighted by Gasteiger charge is 2.43. The zero-order valence-corrected chi connectivity index (χ0v) is 25.8. The molecule has 11 rings (SSSR count). The van der Waals surface area contributed by atoms with E-state index in [4.69, 9.17) is 14.6 Å². The molecule has 0 radical (unpaired) electrons. The maximum absolute atomic E-state index is 6.55. The van der Waals surface area contributed by atoms with Gasteiger partial charge in [0.25, 0.3) is 6.71 Å². The Labute approximate surface area is 270 Å². The van der Waals surface area contributed by atoms with Crippen molar-refractivity contribution in [2.75, 3.05) is 4.90 Å². The van der Waals surface area contributed by atoms with Crippen LogP contribution in [0.3, 0.4) is 0 Å². The van der Waals surface area contributed by atoms with Crippen molar-refractivity contribution in [3.63, 3.8) is 0 Å². The largest absolute Gasteiger partial charge is 0.456 e. The number of aromatic nitrogens is 4. The Bertz CT molecular complexity index is 2740. The average Bonchev–Trinajstić information content (AvgIpc) is 3.77. The van der Waals surface area contributed by atoms with Crippen molar-refractivity contribution < 1.29 is 4.42 Å². The smallest absolute Gasteiger partial charge is 0.253 e. The molecule has 5 heterocycles. The predicted octanol–water partition coefficient (Wildman–Crippen LogP) is 7.49. The molecule has 0 spiro atoms. The monoisotopic (exact) mass is 603 g/mol. The second kappa shape index (κ2) is 8.80. The highest BCUT2D eigenvalue weighted by molar-refractivity contribution is 7.01. The Kier molecular flexibility index (Phi) is 4.71. The lowest BCUT2D eigenvalue weighted by Gasteiger charge is -2.34. The van der Waals surface area contributed by atoms with Crippen LogP contribution >= 0.6 is 0 Å². The lowest BCUT2D eigenvalue weighted by Crippen LogP contribution is -2.59. The van der Waals surface area contributed by atoms with Crippen LogP contribution in [0.2, 0.25) is 0 Å². The van der Waals surface area contributed by atoms with Gasteiger partial charge >= 0.3 is 0 Å². The molecule has 9 aromatic rings. The van der Waals surface area contributed by atoms with Crippen molar-refractivity contribution >= 4 is 83.9 Å². The molecule has 6 nitrogen and oxygen atoms in total. The molecule has 3 aromatic heterocycles. The first-order chi connectivity index (χ1) is 23.2. The minimum Gasteiger partial charge on any atom is -0.456 e. The lowest BCUT2D eigenvalue weighted by molar-refractivity contribution is 0.669. The van der Waals surface area contributed by atoms with Crippen molar-refractivity contribution in [2.24, 2.45) is 0 Å². The van der Waals surface area contributed by atoms with Gasteiger partial charge in [-0.3, -0.25) is 0 Å². The average molecular weight is 603 g/mol. The second-order valence-corrected chi connectivity index (χ2v) is 12.7.